The molecule has 0 bridgehead atoms. The fraction of sp³-hybridized carbons (Fsp3) is 0.500. The van der Waals surface area contributed by atoms with Crippen LogP contribution < -0.4 is 0 Å². The van der Waals surface area contributed by atoms with Gasteiger partial charge in [-0.25, -0.2) is 0 Å². The number of rotatable bonds is 11. The molecule has 0 saturated heterocycles. The summed E-state index contributed by atoms with van der Waals surface area (Å²) in [5.41, 5.74) is 0. The van der Waals surface area contributed by atoms with Crippen molar-refractivity contribution >= 4 is 34.2 Å². The van der Waals surface area contributed by atoms with Gasteiger partial charge in [0.25, 0.3) is 0 Å². The summed E-state index contributed by atoms with van der Waals surface area (Å²) >= 11 is 2.97. The first-order chi connectivity index (χ1) is 11.7. The van der Waals surface area contributed by atoms with Crippen molar-refractivity contribution in [1.82, 2.24) is 0 Å². The van der Waals surface area contributed by atoms with Gasteiger partial charge in [0.05, 0.1) is 9.75 Å². The summed E-state index contributed by atoms with van der Waals surface area (Å²) in [4.78, 5) is 27.7. The maximum absolute atomic E-state index is 13.1. The lowest BCUT2D eigenvalue weighted by molar-refractivity contribution is 0.0746. The highest BCUT2D eigenvalue weighted by atomic mass is 32.1. The van der Waals surface area contributed by atoms with Gasteiger partial charge in [0.1, 0.15) is 0 Å². The summed E-state index contributed by atoms with van der Waals surface area (Å²) in [6.45, 7) is 4.27. The van der Waals surface area contributed by atoms with E-state index in [-0.39, 0.29) is 23.4 Å². The number of thiophene rings is 2. The van der Waals surface area contributed by atoms with Crippen molar-refractivity contribution in [3.63, 3.8) is 0 Å². The van der Waals surface area contributed by atoms with Gasteiger partial charge >= 0.3 is 0 Å². The topological polar surface area (TPSA) is 34.1 Å². The van der Waals surface area contributed by atoms with Crippen LogP contribution in [0.2, 0.25) is 0 Å². The van der Waals surface area contributed by atoms with Gasteiger partial charge in [-0.3, -0.25) is 9.59 Å². The van der Waals surface area contributed by atoms with Gasteiger partial charge in [-0.15, -0.1) is 22.7 Å². The minimum Gasteiger partial charge on any atom is -0.293 e. The van der Waals surface area contributed by atoms with Crippen LogP contribution in [0, 0.1) is 11.8 Å². The highest BCUT2D eigenvalue weighted by molar-refractivity contribution is 7.12. The Morgan fingerprint density at radius 3 is 1.54 bits per heavy atom. The molecule has 0 amide bonds. The van der Waals surface area contributed by atoms with Crippen LogP contribution in [0.25, 0.3) is 0 Å². The van der Waals surface area contributed by atoms with Crippen molar-refractivity contribution in [2.24, 2.45) is 11.8 Å². The second-order valence-corrected chi connectivity index (χ2v) is 8.08. The molecular formula is C20H26O2S2. The Bertz CT molecular complexity index is 558. The molecule has 4 heteroatoms. The third-order valence-electron chi connectivity index (χ3n) is 4.42. The molecule has 0 saturated carbocycles. The summed E-state index contributed by atoms with van der Waals surface area (Å²) in [6.07, 6.45) is 5.67. The van der Waals surface area contributed by atoms with Gasteiger partial charge in [0.2, 0.25) is 0 Å². The molecular weight excluding hydrogens is 336 g/mol. The lowest BCUT2D eigenvalue weighted by Gasteiger charge is -2.24. The SMILES string of the molecule is CCCC[C@H](C(=O)c1cccs1)[C@H](CCCC)C(=O)c1cccs1. The molecule has 2 aromatic rings. The summed E-state index contributed by atoms with van der Waals surface area (Å²) in [5, 5.41) is 3.87. The van der Waals surface area contributed by atoms with Crippen LogP contribution in [0.4, 0.5) is 0 Å². The van der Waals surface area contributed by atoms with Crippen LogP contribution >= 0.6 is 22.7 Å². The van der Waals surface area contributed by atoms with E-state index in [0.717, 1.165) is 48.3 Å². The molecule has 2 nitrogen and oxygen atoms in total. The van der Waals surface area contributed by atoms with E-state index in [1.54, 1.807) is 0 Å². The number of hydrogen-bond donors (Lipinski definition) is 0. The Balaban J connectivity index is 2.28. The van der Waals surface area contributed by atoms with E-state index < -0.39 is 0 Å². The number of ketones is 2. The molecule has 0 aromatic carbocycles. The van der Waals surface area contributed by atoms with Crippen molar-refractivity contribution in [2.45, 2.75) is 52.4 Å². The molecule has 2 heterocycles. The fourth-order valence-electron chi connectivity index (χ4n) is 3.08. The van der Waals surface area contributed by atoms with E-state index >= 15 is 0 Å². The van der Waals surface area contributed by atoms with Crippen LogP contribution in [0.15, 0.2) is 35.0 Å². The summed E-state index contributed by atoms with van der Waals surface area (Å²) in [7, 11) is 0. The molecule has 0 N–H and O–H groups in total. The molecule has 2 rings (SSSR count). The number of unbranched alkanes of at least 4 members (excludes halogenated alkanes) is 2. The molecule has 0 aliphatic carbocycles. The molecule has 0 radical (unpaired) electrons. The Morgan fingerprint density at radius 2 is 1.25 bits per heavy atom. The predicted molar refractivity (Wildman–Crippen MR) is 103 cm³/mol. The Labute approximate surface area is 152 Å². The van der Waals surface area contributed by atoms with Crippen molar-refractivity contribution < 1.29 is 9.59 Å². The van der Waals surface area contributed by atoms with Crippen molar-refractivity contribution in [1.29, 1.82) is 0 Å². The molecule has 0 spiro atoms. The zero-order valence-corrected chi connectivity index (χ0v) is 16.1. The van der Waals surface area contributed by atoms with Crippen molar-refractivity contribution in [3.8, 4) is 0 Å². The van der Waals surface area contributed by atoms with Gasteiger partial charge in [-0.05, 0) is 35.7 Å². The Hall–Kier alpha value is -1.26. The first kappa shape index (κ1) is 19.1. The first-order valence-electron chi connectivity index (χ1n) is 8.84. The average Bonchev–Trinajstić information content (AvgIpc) is 3.30. The first-order valence-corrected chi connectivity index (χ1v) is 10.6. The molecule has 0 aliphatic heterocycles. The van der Waals surface area contributed by atoms with Gasteiger partial charge in [0, 0.05) is 11.8 Å². The second-order valence-electron chi connectivity index (χ2n) is 6.18. The van der Waals surface area contributed by atoms with E-state index in [1.807, 2.05) is 35.0 Å². The summed E-state index contributed by atoms with van der Waals surface area (Å²) in [5.74, 6) is -0.0663. The Morgan fingerprint density at radius 1 is 0.833 bits per heavy atom. The second kappa shape index (κ2) is 9.90. The van der Waals surface area contributed by atoms with Crippen LogP contribution in [0.1, 0.15) is 71.7 Å². The van der Waals surface area contributed by atoms with Crippen LogP contribution in [-0.2, 0) is 0 Å². The van der Waals surface area contributed by atoms with Gasteiger partial charge in [-0.1, -0.05) is 51.7 Å². The number of hydrogen-bond acceptors (Lipinski definition) is 4. The highest BCUT2D eigenvalue weighted by Crippen LogP contribution is 2.32. The van der Waals surface area contributed by atoms with Crippen LogP contribution in [0.3, 0.4) is 0 Å². The number of carbonyl (C=O) groups excluding carboxylic acids is 2. The minimum absolute atomic E-state index is 0.157. The van der Waals surface area contributed by atoms with Crippen LogP contribution in [-0.4, -0.2) is 11.6 Å². The minimum atomic E-state index is -0.190. The van der Waals surface area contributed by atoms with Crippen molar-refractivity contribution in [3.05, 3.63) is 44.8 Å². The summed E-state index contributed by atoms with van der Waals surface area (Å²) in [6, 6.07) is 7.60. The smallest absolute Gasteiger partial charge is 0.176 e. The van der Waals surface area contributed by atoms with E-state index in [0.29, 0.717) is 0 Å². The molecule has 24 heavy (non-hydrogen) atoms. The van der Waals surface area contributed by atoms with Crippen molar-refractivity contribution in [2.75, 3.05) is 0 Å². The standard InChI is InChI=1S/C20H26O2S2/c1-3-5-9-15(19(21)17-11-7-13-23-17)16(10-6-4-2)20(22)18-12-8-14-24-18/h7-8,11-16H,3-6,9-10H2,1-2H3/t15-,16-/m0/s1. The largest absolute Gasteiger partial charge is 0.293 e. The zero-order chi connectivity index (χ0) is 17.4. The highest BCUT2D eigenvalue weighted by Gasteiger charge is 2.34. The molecule has 0 aliphatic rings. The third kappa shape index (κ3) is 4.87. The fourth-order valence-corrected chi connectivity index (χ4v) is 4.54. The number of Topliss-reactive ketones (excluding diaryl/α,β-unsaturated/α-hetero) is 2. The lowest BCUT2D eigenvalue weighted by Crippen LogP contribution is -2.30. The normalized spacial score (nSPS) is 13.6. The molecule has 130 valence electrons. The molecule has 0 unspecified atom stereocenters. The van der Waals surface area contributed by atoms with E-state index in [1.165, 1.54) is 22.7 Å². The van der Waals surface area contributed by atoms with Gasteiger partial charge in [0.15, 0.2) is 11.6 Å². The van der Waals surface area contributed by atoms with Gasteiger partial charge in [-0.2, -0.15) is 0 Å². The lowest BCUT2D eigenvalue weighted by atomic mass is 9.78. The van der Waals surface area contributed by atoms with Crippen LogP contribution in [0.5, 0.6) is 0 Å². The maximum Gasteiger partial charge on any atom is 0.176 e. The zero-order valence-electron chi connectivity index (χ0n) is 14.5. The van der Waals surface area contributed by atoms with E-state index in [9.17, 15) is 9.59 Å². The predicted octanol–water partition coefficient (Wildman–Crippen LogP) is 6.49. The Kier molecular flexibility index (Phi) is 7.86. The third-order valence-corrected chi connectivity index (χ3v) is 6.19. The van der Waals surface area contributed by atoms with Gasteiger partial charge < -0.3 is 0 Å². The van der Waals surface area contributed by atoms with E-state index in [2.05, 4.69) is 13.8 Å². The molecule has 2 aromatic heterocycles. The quantitative estimate of drug-likeness (QED) is 0.428. The number of carbonyl (C=O) groups is 2. The summed E-state index contributed by atoms with van der Waals surface area (Å²) < 4.78 is 0. The maximum atomic E-state index is 13.1. The van der Waals surface area contributed by atoms with E-state index in [4.69, 9.17) is 0 Å². The monoisotopic (exact) mass is 362 g/mol. The average molecular weight is 363 g/mol. The molecule has 2 atom stereocenters. The molecule has 0 fully saturated rings.